The van der Waals surface area contributed by atoms with E-state index in [0.29, 0.717) is 13.0 Å². The van der Waals surface area contributed by atoms with Crippen molar-refractivity contribution < 1.29 is 4.79 Å². The van der Waals surface area contributed by atoms with Gasteiger partial charge in [-0.05, 0) is 6.20 Å². The summed E-state index contributed by atoms with van der Waals surface area (Å²) in [6.45, 7) is 3.98. The SMILES string of the molecule is C=CNCCC(N)=O. The maximum Gasteiger partial charge on any atom is 0.219 e. The van der Waals surface area contributed by atoms with E-state index in [-0.39, 0.29) is 5.91 Å². The van der Waals surface area contributed by atoms with Crippen LogP contribution in [0.3, 0.4) is 0 Å². The summed E-state index contributed by atoms with van der Waals surface area (Å²) < 4.78 is 0. The minimum Gasteiger partial charge on any atom is -0.391 e. The number of rotatable bonds is 4. The molecule has 0 spiro atoms. The average molecular weight is 114 g/mol. The summed E-state index contributed by atoms with van der Waals surface area (Å²) in [6.07, 6.45) is 1.90. The van der Waals surface area contributed by atoms with Crippen molar-refractivity contribution in [2.24, 2.45) is 5.73 Å². The Morgan fingerprint density at radius 1 is 1.88 bits per heavy atom. The molecular formula is C5H10N2O. The number of carbonyl (C=O) groups is 1. The van der Waals surface area contributed by atoms with Crippen LogP contribution in [-0.2, 0) is 4.79 Å². The van der Waals surface area contributed by atoms with Gasteiger partial charge in [0.15, 0.2) is 0 Å². The Morgan fingerprint density at radius 2 is 2.50 bits per heavy atom. The lowest BCUT2D eigenvalue weighted by atomic mass is 10.4. The van der Waals surface area contributed by atoms with Gasteiger partial charge in [0.1, 0.15) is 0 Å². The molecule has 0 saturated heterocycles. The van der Waals surface area contributed by atoms with Crippen molar-refractivity contribution in [2.75, 3.05) is 6.54 Å². The first kappa shape index (κ1) is 7.01. The second-order valence-corrected chi connectivity index (χ2v) is 1.37. The molecule has 0 aliphatic rings. The fraction of sp³-hybridized carbons (Fsp3) is 0.400. The third kappa shape index (κ3) is 5.01. The predicted molar refractivity (Wildman–Crippen MR) is 32.0 cm³/mol. The van der Waals surface area contributed by atoms with Gasteiger partial charge in [-0.15, -0.1) is 0 Å². The highest BCUT2D eigenvalue weighted by atomic mass is 16.1. The van der Waals surface area contributed by atoms with Crippen LogP contribution in [0.5, 0.6) is 0 Å². The molecule has 3 nitrogen and oxygen atoms in total. The number of hydrogen-bond acceptors (Lipinski definition) is 2. The highest BCUT2D eigenvalue weighted by Gasteiger charge is 1.88. The number of primary amides is 1. The van der Waals surface area contributed by atoms with Gasteiger partial charge in [-0.2, -0.15) is 0 Å². The number of nitrogens with one attached hydrogen (secondary N) is 1. The summed E-state index contributed by atoms with van der Waals surface area (Å²) in [6, 6.07) is 0. The summed E-state index contributed by atoms with van der Waals surface area (Å²) >= 11 is 0. The minimum atomic E-state index is -0.292. The first-order valence-corrected chi connectivity index (χ1v) is 2.40. The largest absolute Gasteiger partial charge is 0.391 e. The molecule has 0 aromatic carbocycles. The van der Waals surface area contributed by atoms with Crippen LogP contribution in [0.2, 0.25) is 0 Å². The Kier molecular flexibility index (Phi) is 3.66. The average Bonchev–Trinajstić information content (AvgIpc) is 1.66. The lowest BCUT2D eigenvalue weighted by Crippen LogP contribution is -2.17. The van der Waals surface area contributed by atoms with Crippen LogP contribution in [0.4, 0.5) is 0 Å². The van der Waals surface area contributed by atoms with Gasteiger partial charge < -0.3 is 11.1 Å². The molecule has 0 unspecified atom stereocenters. The van der Waals surface area contributed by atoms with Crippen LogP contribution in [0.15, 0.2) is 12.8 Å². The Morgan fingerprint density at radius 3 is 2.88 bits per heavy atom. The van der Waals surface area contributed by atoms with Crippen LogP contribution >= 0.6 is 0 Å². The molecule has 0 aliphatic carbocycles. The molecule has 0 radical (unpaired) electrons. The van der Waals surface area contributed by atoms with E-state index in [4.69, 9.17) is 5.73 Å². The molecule has 0 bridgehead atoms. The number of carbonyl (C=O) groups excluding carboxylic acids is 1. The Bertz CT molecular complexity index is 90.4. The molecule has 46 valence electrons. The third-order valence-corrected chi connectivity index (χ3v) is 0.660. The van der Waals surface area contributed by atoms with Crippen molar-refractivity contribution in [3.63, 3.8) is 0 Å². The van der Waals surface area contributed by atoms with Gasteiger partial charge in [-0.1, -0.05) is 6.58 Å². The van der Waals surface area contributed by atoms with E-state index in [1.54, 1.807) is 0 Å². The van der Waals surface area contributed by atoms with Crippen molar-refractivity contribution in [2.45, 2.75) is 6.42 Å². The molecule has 0 aliphatic heterocycles. The normalized spacial score (nSPS) is 8.00. The third-order valence-electron chi connectivity index (χ3n) is 0.660. The van der Waals surface area contributed by atoms with Crippen molar-refractivity contribution >= 4 is 5.91 Å². The molecule has 0 saturated carbocycles. The molecule has 0 atom stereocenters. The van der Waals surface area contributed by atoms with Crippen molar-refractivity contribution in [1.29, 1.82) is 0 Å². The van der Waals surface area contributed by atoms with Gasteiger partial charge in [-0.25, -0.2) is 0 Å². The van der Waals surface area contributed by atoms with E-state index in [0.717, 1.165) is 0 Å². The first-order chi connectivity index (χ1) is 3.77. The van der Waals surface area contributed by atoms with Gasteiger partial charge in [-0.3, -0.25) is 4.79 Å². The smallest absolute Gasteiger partial charge is 0.219 e. The molecular weight excluding hydrogens is 104 g/mol. The zero-order valence-corrected chi connectivity index (χ0v) is 4.68. The second-order valence-electron chi connectivity index (χ2n) is 1.37. The zero-order valence-electron chi connectivity index (χ0n) is 4.68. The number of hydrogen-bond donors (Lipinski definition) is 2. The topological polar surface area (TPSA) is 55.1 Å². The van der Waals surface area contributed by atoms with Gasteiger partial charge in [0.05, 0.1) is 0 Å². The van der Waals surface area contributed by atoms with E-state index < -0.39 is 0 Å². The highest BCUT2D eigenvalue weighted by molar-refractivity contribution is 5.73. The van der Waals surface area contributed by atoms with Crippen LogP contribution in [0.1, 0.15) is 6.42 Å². The zero-order chi connectivity index (χ0) is 6.41. The summed E-state index contributed by atoms with van der Waals surface area (Å²) in [4.78, 5) is 10.0. The molecule has 3 heteroatoms. The summed E-state index contributed by atoms with van der Waals surface area (Å²) in [5, 5.41) is 2.74. The standard InChI is InChI=1S/C5H10N2O/c1-2-7-4-3-5(6)8/h2,7H,1,3-4H2,(H2,6,8). The lowest BCUT2D eigenvalue weighted by molar-refractivity contribution is -0.117. The monoisotopic (exact) mass is 114 g/mol. The van der Waals surface area contributed by atoms with E-state index in [1.165, 1.54) is 6.20 Å². The van der Waals surface area contributed by atoms with E-state index in [1.807, 2.05) is 0 Å². The summed E-state index contributed by atoms with van der Waals surface area (Å²) in [7, 11) is 0. The Balaban J connectivity index is 2.93. The predicted octanol–water partition coefficient (Wildman–Crippen LogP) is -0.405. The maximum absolute atomic E-state index is 10.0. The van der Waals surface area contributed by atoms with Gasteiger partial charge >= 0.3 is 0 Å². The van der Waals surface area contributed by atoms with E-state index >= 15 is 0 Å². The van der Waals surface area contributed by atoms with E-state index in [2.05, 4.69) is 11.9 Å². The Labute approximate surface area is 48.6 Å². The van der Waals surface area contributed by atoms with Crippen LogP contribution in [0, 0.1) is 0 Å². The van der Waals surface area contributed by atoms with Crippen molar-refractivity contribution in [3.8, 4) is 0 Å². The van der Waals surface area contributed by atoms with Crippen molar-refractivity contribution in [1.82, 2.24) is 5.32 Å². The Hall–Kier alpha value is -0.990. The molecule has 3 N–H and O–H groups in total. The molecule has 8 heavy (non-hydrogen) atoms. The molecule has 0 fully saturated rings. The molecule has 0 aromatic rings. The fourth-order valence-electron chi connectivity index (χ4n) is 0.297. The summed E-state index contributed by atoms with van der Waals surface area (Å²) in [5.74, 6) is -0.292. The van der Waals surface area contributed by atoms with E-state index in [9.17, 15) is 4.79 Å². The minimum absolute atomic E-state index is 0.292. The fourth-order valence-corrected chi connectivity index (χ4v) is 0.297. The quantitative estimate of drug-likeness (QED) is 0.488. The second kappa shape index (κ2) is 4.18. The molecule has 0 heterocycles. The summed E-state index contributed by atoms with van der Waals surface area (Å²) in [5.41, 5.74) is 4.82. The van der Waals surface area contributed by atoms with Gasteiger partial charge in [0.25, 0.3) is 0 Å². The van der Waals surface area contributed by atoms with Gasteiger partial charge in [0.2, 0.25) is 5.91 Å². The van der Waals surface area contributed by atoms with Crippen LogP contribution in [-0.4, -0.2) is 12.5 Å². The molecule has 0 aromatic heterocycles. The molecule has 1 amide bonds. The van der Waals surface area contributed by atoms with Crippen molar-refractivity contribution in [3.05, 3.63) is 12.8 Å². The maximum atomic E-state index is 10.0. The van der Waals surface area contributed by atoms with Crippen LogP contribution in [0.25, 0.3) is 0 Å². The number of nitrogens with two attached hydrogens (primary N) is 1. The van der Waals surface area contributed by atoms with Gasteiger partial charge in [0, 0.05) is 13.0 Å². The molecule has 0 rings (SSSR count). The van der Waals surface area contributed by atoms with Crippen LogP contribution < -0.4 is 11.1 Å². The first-order valence-electron chi connectivity index (χ1n) is 2.40. The highest BCUT2D eigenvalue weighted by Crippen LogP contribution is 1.69. The number of amides is 1. The lowest BCUT2D eigenvalue weighted by Gasteiger charge is -1.93.